The Labute approximate surface area is 84.4 Å². The summed E-state index contributed by atoms with van der Waals surface area (Å²) >= 11 is 0. The van der Waals surface area contributed by atoms with Gasteiger partial charge in [-0.2, -0.15) is 0 Å². The van der Waals surface area contributed by atoms with Crippen molar-refractivity contribution in [2.24, 2.45) is 0 Å². The lowest BCUT2D eigenvalue weighted by Crippen LogP contribution is -2.28. The molecule has 0 aliphatic rings. The third-order valence-electron chi connectivity index (χ3n) is 1.61. The molecule has 0 aliphatic carbocycles. The number of carbonyl (C=O) groups excluding carboxylic acids is 1. The van der Waals surface area contributed by atoms with Gasteiger partial charge in [0.25, 0.3) is 0 Å². The van der Waals surface area contributed by atoms with E-state index in [0.29, 0.717) is 19.3 Å². The van der Waals surface area contributed by atoms with Crippen LogP contribution < -0.4 is 5.32 Å². The summed E-state index contributed by atoms with van der Waals surface area (Å²) in [5.41, 5.74) is 0. The summed E-state index contributed by atoms with van der Waals surface area (Å²) < 4.78 is 21.4. The highest BCUT2D eigenvalue weighted by Gasteiger charge is 2.04. The predicted octanol–water partition coefficient (Wildman–Crippen LogP) is -0.690. The minimum absolute atomic E-state index is 0.0290. The summed E-state index contributed by atoms with van der Waals surface area (Å²) in [6.07, 6.45) is 2.69. The SMILES string of the molecule is CS(=O)(=O)CCNC(=O)CCCCO. The maximum absolute atomic E-state index is 11.0. The first-order valence-corrected chi connectivity index (χ1v) is 6.57. The number of sulfone groups is 1. The van der Waals surface area contributed by atoms with Crippen molar-refractivity contribution in [2.75, 3.05) is 25.2 Å². The Hall–Kier alpha value is -0.620. The first-order chi connectivity index (χ1) is 6.45. The number of aliphatic hydroxyl groups excluding tert-OH is 1. The second-order valence-electron chi connectivity index (χ2n) is 3.16. The molecule has 14 heavy (non-hydrogen) atoms. The Morgan fingerprint density at radius 2 is 2.00 bits per heavy atom. The van der Waals surface area contributed by atoms with Crippen LogP contribution in [-0.2, 0) is 14.6 Å². The molecule has 0 aromatic carbocycles. The Kier molecular flexibility index (Phi) is 6.48. The standard InChI is InChI=1S/C8H17NO4S/c1-14(12,13)7-5-9-8(11)4-2-3-6-10/h10H,2-7H2,1H3,(H,9,11). The minimum Gasteiger partial charge on any atom is -0.396 e. The molecule has 0 aromatic rings. The van der Waals surface area contributed by atoms with E-state index in [2.05, 4.69) is 5.32 Å². The van der Waals surface area contributed by atoms with Gasteiger partial charge in [-0.1, -0.05) is 0 Å². The molecule has 0 fully saturated rings. The second-order valence-corrected chi connectivity index (χ2v) is 5.42. The Balaban J connectivity index is 3.45. The van der Waals surface area contributed by atoms with Gasteiger partial charge in [0.15, 0.2) is 0 Å². The van der Waals surface area contributed by atoms with Crippen LogP contribution in [0.15, 0.2) is 0 Å². The molecule has 0 heterocycles. The minimum atomic E-state index is -3.00. The van der Waals surface area contributed by atoms with Crippen LogP contribution in [0.2, 0.25) is 0 Å². The van der Waals surface area contributed by atoms with Crippen molar-refractivity contribution < 1.29 is 18.3 Å². The average molecular weight is 223 g/mol. The van der Waals surface area contributed by atoms with Gasteiger partial charge in [0.2, 0.25) is 5.91 Å². The van der Waals surface area contributed by atoms with Crippen LogP contribution in [0.5, 0.6) is 0 Å². The van der Waals surface area contributed by atoms with Gasteiger partial charge in [0.05, 0.1) is 5.75 Å². The predicted molar refractivity (Wildman–Crippen MR) is 53.7 cm³/mol. The van der Waals surface area contributed by atoms with Crippen molar-refractivity contribution in [3.8, 4) is 0 Å². The number of carbonyl (C=O) groups is 1. The van der Waals surface area contributed by atoms with Gasteiger partial charge in [-0.3, -0.25) is 4.79 Å². The molecule has 84 valence electrons. The van der Waals surface area contributed by atoms with Gasteiger partial charge >= 0.3 is 0 Å². The van der Waals surface area contributed by atoms with Crippen LogP contribution >= 0.6 is 0 Å². The van der Waals surface area contributed by atoms with Crippen molar-refractivity contribution in [1.82, 2.24) is 5.32 Å². The maximum Gasteiger partial charge on any atom is 0.220 e. The van der Waals surface area contributed by atoms with E-state index in [1.807, 2.05) is 0 Å². The van der Waals surface area contributed by atoms with Gasteiger partial charge in [-0.05, 0) is 12.8 Å². The topological polar surface area (TPSA) is 83.5 Å². The monoisotopic (exact) mass is 223 g/mol. The Morgan fingerprint density at radius 3 is 2.50 bits per heavy atom. The summed E-state index contributed by atoms with van der Waals surface area (Å²) in [5, 5.41) is 10.9. The molecule has 1 amide bonds. The summed E-state index contributed by atoms with van der Waals surface area (Å²) in [5.74, 6) is -0.194. The number of hydrogen-bond donors (Lipinski definition) is 2. The number of rotatable bonds is 7. The Morgan fingerprint density at radius 1 is 1.36 bits per heavy atom. The van der Waals surface area contributed by atoms with E-state index in [0.717, 1.165) is 6.26 Å². The first-order valence-electron chi connectivity index (χ1n) is 4.51. The van der Waals surface area contributed by atoms with Crippen LogP contribution in [-0.4, -0.2) is 44.6 Å². The van der Waals surface area contributed by atoms with Crippen molar-refractivity contribution in [3.63, 3.8) is 0 Å². The van der Waals surface area contributed by atoms with Gasteiger partial charge in [-0.25, -0.2) is 8.42 Å². The summed E-state index contributed by atoms with van der Waals surface area (Å²) in [7, 11) is -3.00. The van der Waals surface area contributed by atoms with Gasteiger partial charge < -0.3 is 10.4 Å². The molecule has 0 atom stereocenters. The molecule has 0 bridgehead atoms. The van der Waals surface area contributed by atoms with Gasteiger partial charge in [-0.15, -0.1) is 0 Å². The van der Waals surface area contributed by atoms with E-state index in [1.165, 1.54) is 0 Å². The van der Waals surface area contributed by atoms with E-state index >= 15 is 0 Å². The van der Waals surface area contributed by atoms with Crippen LogP contribution in [0, 0.1) is 0 Å². The van der Waals surface area contributed by atoms with Crippen molar-refractivity contribution in [3.05, 3.63) is 0 Å². The zero-order chi connectivity index (χ0) is 11.0. The van der Waals surface area contributed by atoms with Crippen LogP contribution in [0.3, 0.4) is 0 Å². The van der Waals surface area contributed by atoms with E-state index in [1.54, 1.807) is 0 Å². The van der Waals surface area contributed by atoms with Crippen LogP contribution in [0.1, 0.15) is 19.3 Å². The molecule has 0 saturated carbocycles. The lowest BCUT2D eigenvalue weighted by molar-refractivity contribution is -0.121. The third kappa shape index (κ3) is 9.47. The number of hydrogen-bond acceptors (Lipinski definition) is 4. The summed E-state index contributed by atoms with van der Waals surface area (Å²) in [4.78, 5) is 11.0. The van der Waals surface area contributed by atoms with Crippen LogP contribution in [0.4, 0.5) is 0 Å². The zero-order valence-corrected chi connectivity index (χ0v) is 9.14. The second kappa shape index (κ2) is 6.78. The highest BCUT2D eigenvalue weighted by atomic mass is 32.2. The van der Waals surface area contributed by atoms with E-state index in [-0.39, 0.29) is 24.8 Å². The molecule has 0 saturated heterocycles. The average Bonchev–Trinajstić information content (AvgIpc) is 2.02. The highest BCUT2D eigenvalue weighted by molar-refractivity contribution is 7.90. The fourth-order valence-electron chi connectivity index (χ4n) is 0.862. The Bertz CT molecular complexity index is 261. The molecule has 5 nitrogen and oxygen atoms in total. The maximum atomic E-state index is 11.0. The van der Waals surface area contributed by atoms with Crippen molar-refractivity contribution in [2.45, 2.75) is 19.3 Å². The lowest BCUT2D eigenvalue weighted by atomic mass is 10.2. The van der Waals surface area contributed by atoms with Gasteiger partial charge in [0.1, 0.15) is 9.84 Å². The van der Waals surface area contributed by atoms with Gasteiger partial charge in [0, 0.05) is 25.8 Å². The van der Waals surface area contributed by atoms with Crippen molar-refractivity contribution in [1.29, 1.82) is 0 Å². The number of aliphatic hydroxyl groups is 1. The number of nitrogens with one attached hydrogen (secondary N) is 1. The summed E-state index contributed by atoms with van der Waals surface area (Å²) in [6.45, 7) is 0.243. The third-order valence-corrected chi connectivity index (χ3v) is 2.55. The van der Waals surface area contributed by atoms with Crippen molar-refractivity contribution >= 4 is 15.7 Å². The number of unbranched alkanes of at least 4 members (excludes halogenated alkanes) is 1. The number of amides is 1. The smallest absolute Gasteiger partial charge is 0.220 e. The largest absolute Gasteiger partial charge is 0.396 e. The van der Waals surface area contributed by atoms with E-state index in [9.17, 15) is 13.2 Å². The fraction of sp³-hybridized carbons (Fsp3) is 0.875. The lowest BCUT2D eigenvalue weighted by Gasteiger charge is -2.03. The molecular formula is C8H17NO4S. The highest BCUT2D eigenvalue weighted by Crippen LogP contribution is 1.93. The first kappa shape index (κ1) is 13.4. The van der Waals surface area contributed by atoms with E-state index in [4.69, 9.17) is 5.11 Å². The molecule has 6 heteroatoms. The van der Waals surface area contributed by atoms with E-state index < -0.39 is 9.84 Å². The molecule has 0 spiro atoms. The molecular weight excluding hydrogens is 206 g/mol. The summed E-state index contributed by atoms with van der Waals surface area (Å²) in [6, 6.07) is 0. The molecule has 0 radical (unpaired) electrons. The van der Waals surface area contributed by atoms with Crippen LogP contribution in [0.25, 0.3) is 0 Å². The zero-order valence-electron chi connectivity index (χ0n) is 8.32. The molecule has 2 N–H and O–H groups in total. The molecule has 0 aliphatic heterocycles. The quantitative estimate of drug-likeness (QED) is 0.560. The fourth-order valence-corrected chi connectivity index (χ4v) is 1.33. The molecule has 0 unspecified atom stereocenters. The molecule has 0 rings (SSSR count). The molecule has 0 aromatic heterocycles. The normalized spacial score (nSPS) is 11.3.